The number of nitrogens with zero attached hydrogens (tertiary/aromatic N) is 2. The van der Waals surface area contributed by atoms with E-state index in [4.69, 9.17) is 16.3 Å². The molecule has 1 N–H and O–H groups in total. The van der Waals surface area contributed by atoms with Crippen molar-refractivity contribution in [1.82, 2.24) is 10.2 Å². The number of ether oxygens (including phenoxy) is 1. The third kappa shape index (κ3) is 6.73. The monoisotopic (exact) mass is 447 g/mol. The van der Waals surface area contributed by atoms with Crippen molar-refractivity contribution in [3.63, 3.8) is 0 Å². The van der Waals surface area contributed by atoms with Gasteiger partial charge in [0.1, 0.15) is 5.75 Å². The second-order valence-corrected chi connectivity index (χ2v) is 8.89. The first kappa shape index (κ1) is 21.6. The molecule has 1 amide bonds. The van der Waals surface area contributed by atoms with Gasteiger partial charge in [0, 0.05) is 16.3 Å². The molecule has 0 atom stereocenters. The van der Waals surface area contributed by atoms with Crippen LogP contribution >= 0.6 is 34.7 Å². The first-order valence-electron chi connectivity index (χ1n) is 9.39. The lowest BCUT2D eigenvalue weighted by Crippen LogP contribution is -2.11. The molecule has 0 radical (unpaired) electrons. The third-order valence-electron chi connectivity index (χ3n) is 4.07. The quantitative estimate of drug-likeness (QED) is 0.224. The number of carbonyl (C=O) groups is 1. The molecule has 0 unspecified atom stereocenters. The summed E-state index contributed by atoms with van der Waals surface area (Å²) in [7, 11) is 0. The molecule has 1 aromatic heterocycles. The molecular formula is C21H22ClN3O2S2. The lowest BCUT2D eigenvalue weighted by atomic mass is 10.2. The van der Waals surface area contributed by atoms with Gasteiger partial charge in [0.15, 0.2) is 4.34 Å². The second-order valence-electron chi connectivity index (χ2n) is 6.29. The van der Waals surface area contributed by atoms with Crippen molar-refractivity contribution in [1.29, 1.82) is 0 Å². The molecule has 29 heavy (non-hydrogen) atoms. The fraction of sp³-hybridized carbons (Fsp3) is 0.286. The van der Waals surface area contributed by atoms with Crippen molar-refractivity contribution in [2.24, 2.45) is 0 Å². The maximum atomic E-state index is 12.4. The molecule has 0 bridgehead atoms. The van der Waals surface area contributed by atoms with E-state index < -0.39 is 0 Å². The molecule has 3 aromatic rings. The fourth-order valence-corrected chi connectivity index (χ4v) is 4.52. The van der Waals surface area contributed by atoms with Crippen molar-refractivity contribution in [2.75, 3.05) is 11.9 Å². The third-order valence-corrected chi connectivity index (χ3v) is 6.46. The summed E-state index contributed by atoms with van der Waals surface area (Å²) in [6.45, 7) is 2.85. The van der Waals surface area contributed by atoms with Crippen LogP contribution < -0.4 is 10.1 Å². The highest BCUT2D eigenvalue weighted by atomic mass is 35.5. The summed E-state index contributed by atoms with van der Waals surface area (Å²) < 4.78 is 6.45. The summed E-state index contributed by atoms with van der Waals surface area (Å²) in [6, 6.07) is 14.8. The van der Waals surface area contributed by atoms with Crippen LogP contribution in [0, 0.1) is 0 Å². The maximum absolute atomic E-state index is 12.4. The minimum atomic E-state index is -0.221. The number of anilines is 1. The molecule has 5 nitrogen and oxygen atoms in total. The number of hydrogen-bond acceptors (Lipinski definition) is 6. The lowest BCUT2D eigenvalue weighted by molar-refractivity contribution is 0.102. The Kier molecular flexibility index (Phi) is 8.34. The van der Waals surface area contributed by atoms with Gasteiger partial charge < -0.3 is 4.74 Å². The Morgan fingerprint density at radius 2 is 1.93 bits per heavy atom. The summed E-state index contributed by atoms with van der Waals surface area (Å²) in [5.74, 6) is 1.25. The summed E-state index contributed by atoms with van der Waals surface area (Å²) in [5, 5.41) is 12.2. The van der Waals surface area contributed by atoms with Crippen LogP contribution in [0.4, 0.5) is 5.13 Å². The smallest absolute Gasteiger partial charge is 0.257 e. The Morgan fingerprint density at radius 1 is 1.14 bits per heavy atom. The van der Waals surface area contributed by atoms with E-state index >= 15 is 0 Å². The summed E-state index contributed by atoms with van der Waals surface area (Å²) in [5.41, 5.74) is 1.59. The van der Waals surface area contributed by atoms with E-state index in [0.29, 0.717) is 23.1 Å². The van der Waals surface area contributed by atoms with E-state index in [-0.39, 0.29) is 5.91 Å². The number of aromatic nitrogens is 2. The van der Waals surface area contributed by atoms with Gasteiger partial charge >= 0.3 is 0 Å². The Labute approximate surface area is 183 Å². The van der Waals surface area contributed by atoms with E-state index in [1.807, 2.05) is 36.4 Å². The molecule has 152 valence electrons. The highest BCUT2D eigenvalue weighted by Crippen LogP contribution is 2.30. The number of thioether (sulfide) groups is 1. The number of halogens is 1. The number of amides is 1. The first-order valence-corrected chi connectivity index (χ1v) is 11.6. The van der Waals surface area contributed by atoms with Gasteiger partial charge in [0.05, 0.1) is 6.61 Å². The van der Waals surface area contributed by atoms with E-state index in [9.17, 15) is 4.79 Å². The molecule has 0 aliphatic rings. The van der Waals surface area contributed by atoms with Crippen LogP contribution in [0.2, 0.25) is 5.02 Å². The van der Waals surface area contributed by atoms with Gasteiger partial charge in [0.2, 0.25) is 5.13 Å². The molecule has 0 fully saturated rings. The van der Waals surface area contributed by atoms with Crippen molar-refractivity contribution in [2.45, 2.75) is 36.3 Å². The lowest BCUT2D eigenvalue weighted by Gasteiger charge is -2.06. The minimum absolute atomic E-state index is 0.221. The summed E-state index contributed by atoms with van der Waals surface area (Å²) in [6.07, 6.45) is 3.35. The average Bonchev–Trinajstić information content (AvgIpc) is 3.18. The van der Waals surface area contributed by atoms with Crippen LogP contribution in [0.5, 0.6) is 5.75 Å². The summed E-state index contributed by atoms with van der Waals surface area (Å²) >= 11 is 9.05. The van der Waals surface area contributed by atoms with Crippen LogP contribution in [0.15, 0.2) is 52.9 Å². The van der Waals surface area contributed by atoms with Crippen LogP contribution in [0.3, 0.4) is 0 Å². The molecule has 0 saturated heterocycles. The normalized spacial score (nSPS) is 10.7. The maximum Gasteiger partial charge on any atom is 0.257 e. The Morgan fingerprint density at radius 3 is 2.69 bits per heavy atom. The van der Waals surface area contributed by atoms with Crippen molar-refractivity contribution in [3.8, 4) is 5.75 Å². The topological polar surface area (TPSA) is 64.1 Å². The average molecular weight is 448 g/mol. The van der Waals surface area contributed by atoms with Crippen LogP contribution in [-0.2, 0) is 5.75 Å². The number of hydrogen-bond donors (Lipinski definition) is 1. The molecule has 0 saturated carbocycles. The molecule has 2 aromatic carbocycles. The summed E-state index contributed by atoms with van der Waals surface area (Å²) in [4.78, 5) is 12.4. The highest BCUT2D eigenvalue weighted by Gasteiger charge is 2.11. The van der Waals surface area contributed by atoms with Gasteiger partial charge in [0.25, 0.3) is 5.91 Å². The van der Waals surface area contributed by atoms with E-state index in [1.165, 1.54) is 23.1 Å². The van der Waals surface area contributed by atoms with Gasteiger partial charge in [-0.15, -0.1) is 10.2 Å². The zero-order valence-corrected chi connectivity index (χ0v) is 18.4. The van der Waals surface area contributed by atoms with Crippen LogP contribution in [0.25, 0.3) is 0 Å². The van der Waals surface area contributed by atoms with E-state index in [2.05, 4.69) is 22.4 Å². The molecule has 1 heterocycles. The minimum Gasteiger partial charge on any atom is -0.494 e. The van der Waals surface area contributed by atoms with Gasteiger partial charge in [-0.1, -0.05) is 72.7 Å². The number of rotatable bonds is 10. The SMILES string of the molecule is CCCCCOc1ccc(C(=O)Nc2nnc(SCc3ccccc3Cl)s2)cc1. The second kappa shape index (κ2) is 11.2. The number of unbranched alkanes of at least 4 members (excludes halogenated alkanes) is 2. The number of benzene rings is 2. The van der Waals surface area contributed by atoms with E-state index in [0.717, 1.165) is 39.9 Å². The van der Waals surface area contributed by atoms with Crippen LogP contribution in [-0.4, -0.2) is 22.7 Å². The van der Waals surface area contributed by atoms with Gasteiger partial charge in [-0.3, -0.25) is 10.1 Å². The predicted octanol–water partition coefficient (Wildman–Crippen LogP) is 6.31. The zero-order chi connectivity index (χ0) is 20.5. The molecule has 3 rings (SSSR count). The molecule has 0 aliphatic carbocycles. The Bertz CT molecular complexity index is 932. The fourth-order valence-electron chi connectivity index (χ4n) is 2.49. The highest BCUT2D eigenvalue weighted by molar-refractivity contribution is 8.00. The molecule has 0 spiro atoms. The Hall–Kier alpha value is -2.09. The Balaban J connectivity index is 1.50. The van der Waals surface area contributed by atoms with Crippen molar-refractivity contribution >= 4 is 45.7 Å². The first-order chi connectivity index (χ1) is 14.2. The van der Waals surface area contributed by atoms with Gasteiger partial charge in [-0.05, 0) is 42.3 Å². The van der Waals surface area contributed by atoms with Crippen molar-refractivity contribution < 1.29 is 9.53 Å². The van der Waals surface area contributed by atoms with Gasteiger partial charge in [-0.2, -0.15) is 0 Å². The number of carbonyl (C=O) groups excluding carboxylic acids is 1. The van der Waals surface area contributed by atoms with Crippen molar-refractivity contribution in [3.05, 3.63) is 64.7 Å². The van der Waals surface area contributed by atoms with Gasteiger partial charge in [-0.25, -0.2) is 0 Å². The molecule has 8 heteroatoms. The van der Waals surface area contributed by atoms with E-state index in [1.54, 1.807) is 12.1 Å². The molecule has 0 aliphatic heterocycles. The number of nitrogens with one attached hydrogen (secondary N) is 1. The standard InChI is InChI=1S/C21H22ClN3O2S2/c1-2-3-6-13-27-17-11-9-15(10-12-17)19(26)23-20-24-25-21(29-20)28-14-16-7-4-5-8-18(16)22/h4-5,7-12H,2-3,6,13-14H2,1H3,(H,23,24,26). The zero-order valence-electron chi connectivity index (χ0n) is 16.1. The largest absolute Gasteiger partial charge is 0.494 e. The van der Waals surface area contributed by atoms with Crippen LogP contribution in [0.1, 0.15) is 42.1 Å². The molecular weight excluding hydrogens is 426 g/mol. The predicted molar refractivity (Wildman–Crippen MR) is 120 cm³/mol.